The first-order valence-electron chi connectivity index (χ1n) is 15.6. The largest absolute Gasteiger partial charge is 0.396 e. The Hall–Kier alpha value is -2.97. The molecule has 0 atom stereocenters. The molecule has 0 aromatic carbocycles. The van der Waals surface area contributed by atoms with E-state index in [2.05, 4.69) is 37.0 Å². The molecule has 1 amide bonds. The zero-order chi connectivity index (χ0) is 29.4. The second-order valence-corrected chi connectivity index (χ2v) is 12.4. The predicted molar refractivity (Wildman–Crippen MR) is 165 cm³/mol. The molecule has 8 heteroatoms. The van der Waals surface area contributed by atoms with Crippen molar-refractivity contribution in [1.82, 2.24) is 23.8 Å². The number of aryl methyl sites for hydroxylation is 2. The molecule has 3 aromatic heterocycles. The standard InChI is InChI=1S/C33H49N5O3/c1-25(2)14-20-36(21-15-26(3)4)33(41)28-10-12-30-34-32(27-11-13-31(40)37(23-27)19-8-22-39)29(38(30)24-28)9-7-18-35-16-5-6-17-35/h10-13,23-26,39H,5-9,14-22H2,1-4H3. The highest BCUT2D eigenvalue weighted by Crippen LogP contribution is 2.26. The van der Waals surface area contributed by atoms with Gasteiger partial charge in [0.2, 0.25) is 0 Å². The molecule has 4 rings (SSSR count). The number of hydrogen-bond donors (Lipinski definition) is 1. The van der Waals surface area contributed by atoms with E-state index in [1.807, 2.05) is 35.5 Å². The molecular formula is C33H49N5O3. The lowest BCUT2D eigenvalue weighted by Crippen LogP contribution is -2.34. The topological polar surface area (TPSA) is 83.1 Å². The predicted octanol–water partition coefficient (Wildman–Crippen LogP) is 5.11. The number of aromatic nitrogens is 3. The van der Waals surface area contributed by atoms with Crippen molar-refractivity contribution in [1.29, 1.82) is 0 Å². The van der Waals surface area contributed by atoms with Crippen LogP contribution in [0.3, 0.4) is 0 Å². The molecule has 1 N–H and O–H groups in total. The van der Waals surface area contributed by atoms with Crippen LogP contribution in [-0.2, 0) is 13.0 Å². The lowest BCUT2D eigenvalue weighted by atomic mass is 10.1. The van der Waals surface area contributed by atoms with Gasteiger partial charge in [-0.05, 0) is 94.6 Å². The van der Waals surface area contributed by atoms with Crippen molar-refractivity contribution in [3.05, 3.63) is 58.3 Å². The first-order chi connectivity index (χ1) is 19.8. The number of carbonyl (C=O) groups is 1. The summed E-state index contributed by atoms with van der Waals surface area (Å²) in [5, 5.41) is 9.30. The Kier molecular flexibility index (Phi) is 11.2. The zero-order valence-electron chi connectivity index (χ0n) is 25.5. The third kappa shape index (κ3) is 8.29. The lowest BCUT2D eigenvalue weighted by Gasteiger charge is -2.24. The number of imidazole rings is 1. The van der Waals surface area contributed by atoms with Crippen LogP contribution in [0.25, 0.3) is 16.9 Å². The fourth-order valence-electron chi connectivity index (χ4n) is 5.58. The van der Waals surface area contributed by atoms with Crippen LogP contribution in [0, 0.1) is 11.8 Å². The summed E-state index contributed by atoms with van der Waals surface area (Å²) < 4.78 is 3.75. The van der Waals surface area contributed by atoms with Crippen molar-refractivity contribution in [2.45, 2.75) is 79.2 Å². The van der Waals surface area contributed by atoms with Gasteiger partial charge in [-0.25, -0.2) is 4.98 Å². The van der Waals surface area contributed by atoms with E-state index in [0.717, 1.165) is 81.0 Å². The summed E-state index contributed by atoms with van der Waals surface area (Å²) in [7, 11) is 0. The molecule has 0 spiro atoms. The van der Waals surface area contributed by atoms with Crippen LogP contribution in [-0.4, -0.2) is 74.1 Å². The third-order valence-corrected chi connectivity index (χ3v) is 8.11. The molecule has 1 aliphatic heterocycles. The first-order valence-corrected chi connectivity index (χ1v) is 15.6. The summed E-state index contributed by atoms with van der Waals surface area (Å²) in [6, 6.07) is 7.28. The Morgan fingerprint density at radius 3 is 2.32 bits per heavy atom. The van der Waals surface area contributed by atoms with Gasteiger partial charge in [-0.15, -0.1) is 0 Å². The molecule has 4 heterocycles. The second kappa shape index (κ2) is 14.8. The van der Waals surface area contributed by atoms with Crippen LogP contribution in [0.15, 0.2) is 41.5 Å². The molecule has 0 radical (unpaired) electrons. The highest BCUT2D eigenvalue weighted by atomic mass is 16.3. The fraction of sp³-hybridized carbons (Fsp3) is 0.606. The van der Waals surface area contributed by atoms with E-state index in [-0.39, 0.29) is 18.1 Å². The van der Waals surface area contributed by atoms with Crippen LogP contribution in [0.4, 0.5) is 0 Å². The van der Waals surface area contributed by atoms with E-state index in [1.165, 1.54) is 12.8 Å². The molecule has 0 unspecified atom stereocenters. The van der Waals surface area contributed by atoms with Crippen molar-refractivity contribution in [3.8, 4) is 11.3 Å². The molecule has 0 aliphatic carbocycles. The Morgan fingerprint density at radius 1 is 0.951 bits per heavy atom. The van der Waals surface area contributed by atoms with E-state index >= 15 is 0 Å². The zero-order valence-corrected chi connectivity index (χ0v) is 25.5. The fourth-order valence-corrected chi connectivity index (χ4v) is 5.58. The van der Waals surface area contributed by atoms with Crippen molar-refractivity contribution < 1.29 is 9.90 Å². The van der Waals surface area contributed by atoms with E-state index in [1.54, 1.807) is 10.6 Å². The van der Waals surface area contributed by atoms with Crippen molar-refractivity contribution in [2.75, 3.05) is 39.3 Å². The van der Waals surface area contributed by atoms with Gasteiger partial charge in [-0.1, -0.05) is 27.7 Å². The van der Waals surface area contributed by atoms with E-state index in [4.69, 9.17) is 4.98 Å². The smallest absolute Gasteiger partial charge is 0.255 e. The number of amides is 1. The van der Waals surface area contributed by atoms with Gasteiger partial charge < -0.3 is 23.9 Å². The number of aliphatic hydroxyl groups excluding tert-OH is 1. The number of nitrogens with zero attached hydrogens (tertiary/aromatic N) is 5. The minimum Gasteiger partial charge on any atom is -0.396 e. The molecule has 1 aliphatic rings. The maximum Gasteiger partial charge on any atom is 0.255 e. The Bertz CT molecular complexity index is 1320. The Balaban J connectivity index is 1.70. The van der Waals surface area contributed by atoms with Gasteiger partial charge >= 0.3 is 0 Å². The average molecular weight is 564 g/mol. The lowest BCUT2D eigenvalue weighted by molar-refractivity contribution is 0.0740. The van der Waals surface area contributed by atoms with E-state index in [0.29, 0.717) is 30.4 Å². The minimum absolute atomic E-state index is 0.0366. The first kappa shape index (κ1) is 31.0. The number of aliphatic hydroxyl groups is 1. The van der Waals surface area contributed by atoms with Crippen LogP contribution in [0.2, 0.25) is 0 Å². The van der Waals surface area contributed by atoms with Crippen LogP contribution in [0.1, 0.15) is 82.3 Å². The molecule has 8 nitrogen and oxygen atoms in total. The number of hydrogen-bond acceptors (Lipinski definition) is 5. The molecular weight excluding hydrogens is 514 g/mol. The van der Waals surface area contributed by atoms with Gasteiger partial charge in [0.05, 0.1) is 17.0 Å². The summed E-state index contributed by atoms with van der Waals surface area (Å²) in [4.78, 5) is 35.8. The summed E-state index contributed by atoms with van der Waals surface area (Å²) in [6.07, 6.45) is 10.7. The summed E-state index contributed by atoms with van der Waals surface area (Å²) in [5.41, 5.74) is 4.20. The van der Waals surface area contributed by atoms with Crippen molar-refractivity contribution in [3.63, 3.8) is 0 Å². The van der Waals surface area contributed by atoms with Gasteiger partial charge in [-0.3, -0.25) is 9.59 Å². The molecule has 3 aromatic rings. The number of pyridine rings is 2. The molecule has 0 saturated carbocycles. The maximum atomic E-state index is 13.8. The van der Waals surface area contributed by atoms with E-state index < -0.39 is 0 Å². The van der Waals surface area contributed by atoms with Gasteiger partial charge in [0, 0.05) is 50.3 Å². The Morgan fingerprint density at radius 2 is 1.66 bits per heavy atom. The van der Waals surface area contributed by atoms with Crippen LogP contribution < -0.4 is 5.56 Å². The Labute approximate surface area is 245 Å². The monoisotopic (exact) mass is 563 g/mol. The minimum atomic E-state index is -0.0858. The van der Waals surface area contributed by atoms with Gasteiger partial charge in [0.1, 0.15) is 5.65 Å². The summed E-state index contributed by atoms with van der Waals surface area (Å²) >= 11 is 0. The molecule has 0 bridgehead atoms. The second-order valence-electron chi connectivity index (χ2n) is 12.4. The SMILES string of the molecule is CC(C)CCN(CCC(C)C)C(=O)c1ccc2nc(-c3ccc(=O)n(CCCO)c3)c(CCCN3CCCC3)n2c1. The number of likely N-dealkylation sites (tertiary alicyclic amines) is 1. The highest BCUT2D eigenvalue weighted by Gasteiger charge is 2.21. The van der Waals surface area contributed by atoms with Crippen molar-refractivity contribution in [2.24, 2.45) is 11.8 Å². The van der Waals surface area contributed by atoms with Gasteiger partial charge in [-0.2, -0.15) is 0 Å². The third-order valence-electron chi connectivity index (χ3n) is 8.11. The molecule has 1 fully saturated rings. The average Bonchev–Trinajstić information content (AvgIpc) is 3.60. The number of rotatable bonds is 15. The van der Waals surface area contributed by atoms with Crippen LogP contribution >= 0.6 is 0 Å². The van der Waals surface area contributed by atoms with Crippen molar-refractivity contribution >= 4 is 11.6 Å². The normalized spacial score (nSPS) is 14.1. The summed E-state index contributed by atoms with van der Waals surface area (Å²) in [5.74, 6) is 1.14. The number of fused-ring (bicyclic) bond motifs is 1. The maximum absolute atomic E-state index is 13.8. The summed E-state index contributed by atoms with van der Waals surface area (Å²) in [6.45, 7) is 14.2. The number of carbonyl (C=O) groups excluding carboxylic acids is 1. The molecule has 1 saturated heterocycles. The molecule has 41 heavy (non-hydrogen) atoms. The van der Waals surface area contributed by atoms with Crippen LogP contribution in [0.5, 0.6) is 0 Å². The highest BCUT2D eigenvalue weighted by molar-refractivity contribution is 5.94. The van der Waals surface area contributed by atoms with Gasteiger partial charge in [0.25, 0.3) is 11.5 Å². The molecule has 224 valence electrons. The van der Waals surface area contributed by atoms with Gasteiger partial charge in [0.15, 0.2) is 0 Å². The quantitative estimate of drug-likeness (QED) is 0.278. The van der Waals surface area contributed by atoms with E-state index in [9.17, 15) is 14.7 Å².